The summed E-state index contributed by atoms with van der Waals surface area (Å²) in [5.41, 5.74) is 2.34. The van der Waals surface area contributed by atoms with Gasteiger partial charge in [-0.25, -0.2) is 9.50 Å². The Morgan fingerprint density at radius 2 is 1.75 bits per heavy atom. The summed E-state index contributed by atoms with van der Waals surface area (Å²) in [5, 5.41) is 5.10. The fourth-order valence-electron chi connectivity index (χ4n) is 4.22. The van der Waals surface area contributed by atoms with Crippen LogP contribution in [0.25, 0.3) is 27.5 Å². The van der Waals surface area contributed by atoms with Crippen LogP contribution in [0, 0.1) is 6.92 Å². The number of carbonyl (C=O) groups excluding carboxylic acids is 1. The number of aromatic amines is 1. The summed E-state index contributed by atoms with van der Waals surface area (Å²) in [6, 6.07) is 19.4. The number of aryl methyl sites for hydroxylation is 1. The molecule has 36 heavy (non-hydrogen) atoms. The molecule has 3 aromatic carbocycles. The fourth-order valence-corrected chi connectivity index (χ4v) is 4.22. The van der Waals surface area contributed by atoms with Crippen molar-refractivity contribution >= 4 is 22.4 Å². The van der Waals surface area contributed by atoms with Crippen LogP contribution in [-0.4, -0.2) is 20.6 Å². The third-order valence-electron chi connectivity index (χ3n) is 5.92. The van der Waals surface area contributed by atoms with Crippen LogP contribution in [-0.2, 0) is 28.7 Å². The molecule has 2 aromatic heterocycles. The van der Waals surface area contributed by atoms with Gasteiger partial charge < -0.3 is 4.74 Å². The summed E-state index contributed by atoms with van der Waals surface area (Å²) in [6.07, 6.45) is -4.65. The molecule has 0 amide bonds. The number of rotatable bonds is 5. The van der Waals surface area contributed by atoms with Gasteiger partial charge >= 0.3 is 12.1 Å². The van der Waals surface area contributed by atoms with Gasteiger partial charge in [-0.05, 0) is 41.0 Å². The monoisotopic (exact) mass is 491 g/mol. The molecular weight excluding hydrogens is 471 g/mol. The molecule has 0 aliphatic heterocycles. The Bertz CT molecular complexity index is 1650. The van der Waals surface area contributed by atoms with Gasteiger partial charge in [0, 0.05) is 17.3 Å². The first-order valence-electron chi connectivity index (χ1n) is 11.1. The van der Waals surface area contributed by atoms with E-state index in [4.69, 9.17) is 4.74 Å². The van der Waals surface area contributed by atoms with E-state index in [1.165, 1.54) is 22.7 Å². The fraction of sp³-hybridized carbons (Fsp3) is 0.148. The van der Waals surface area contributed by atoms with Crippen LogP contribution in [0.15, 0.2) is 77.6 Å². The summed E-state index contributed by atoms with van der Waals surface area (Å²) in [4.78, 5) is 29.6. The first kappa shape index (κ1) is 23.3. The van der Waals surface area contributed by atoms with E-state index in [1.807, 2.05) is 49.4 Å². The zero-order valence-corrected chi connectivity index (χ0v) is 19.1. The minimum absolute atomic E-state index is 0.204. The molecule has 0 bridgehead atoms. The predicted octanol–water partition coefficient (Wildman–Crippen LogP) is 5.46. The Morgan fingerprint density at radius 1 is 1.03 bits per heavy atom. The quantitative estimate of drug-likeness (QED) is 0.332. The van der Waals surface area contributed by atoms with E-state index in [1.54, 1.807) is 0 Å². The average Bonchev–Trinajstić information content (AvgIpc) is 3.18. The molecule has 5 aromatic rings. The number of nitrogens with one attached hydrogen (secondary N) is 1. The number of hydrogen-bond donors (Lipinski definition) is 1. The summed E-state index contributed by atoms with van der Waals surface area (Å²) in [5.74, 6) is -0.642. The van der Waals surface area contributed by atoms with Crippen molar-refractivity contribution < 1.29 is 22.7 Å². The second-order valence-corrected chi connectivity index (χ2v) is 8.42. The Kier molecular flexibility index (Phi) is 5.83. The molecule has 5 rings (SSSR count). The maximum atomic E-state index is 12.8. The van der Waals surface area contributed by atoms with Crippen LogP contribution in [0.5, 0.6) is 0 Å². The van der Waals surface area contributed by atoms with Crippen molar-refractivity contribution in [2.45, 2.75) is 26.1 Å². The van der Waals surface area contributed by atoms with Gasteiger partial charge in [0.2, 0.25) is 0 Å². The molecule has 0 fully saturated rings. The summed E-state index contributed by atoms with van der Waals surface area (Å²) in [7, 11) is 0. The van der Waals surface area contributed by atoms with E-state index in [9.17, 15) is 22.8 Å². The second-order valence-electron chi connectivity index (χ2n) is 8.42. The summed E-state index contributed by atoms with van der Waals surface area (Å²) < 4.78 is 44.8. The standard InChI is InChI=1S/C27H20F3N3O3/c1-16-25(22-8-4-6-18-5-2-3-7-21(18)22)26-31-20(14-23(34)33(26)32-16)15-36-24(35)13-17-9-11-19(12-10-17)27(28,29)30/h2-12,14,32H,13,15H2,1H3. The van der Waals surface area contributed by atoms with E-state index in [2.05, 4.69) is 10.1 Å². The average molecular weight is 491 g/mol. The Hall–Kier alpha value is -4.40. The molecule has 0 spiro atoms. The number of aromatic nitrogens is 3. The molecule has 0 atom stereocenters. The molecule has 1 N–H and O–H groups in total. The van der Waals surface area contributed by atoms with Gasteiger partial charge in [-0.3, -0.25) is 14.7 Å². The van der Waals surface area contributed by atoms with E-state index in [0.717, 1.165) is 39.7 Å². The van der Waals surface area contributed by atoms with E-state index in [0.29, 0.717) is 11.2 Å². The molecule has 0 saturated heterocycles. The van der Waals surface area contributed by atoms with Crippen LogP contribution < -0.4 is 5.56 Å². The lowest BCUT2D eigenvalue weighted by molar-refractivity contribution is -0.144. The van der Waals surface area contributed by atoms with Crippen LogP contribution in [0.3, 0.4) is 0 Å². The first-order chi connectivity index (χ1) is 17.2. The molecule has 0 unspecified atom stereocenters. The number of carbonyl (C=O) groups is 1. The highest BCUT2D eigenvalue weighted by Gasteiger charge is 2.30. The number of alkyl halides is 3. The van der Waals surface area contributed by atoms with Gasteiger partial charge in [0.05, 0.1) is 17.7 Å². The van der Waals surface area contributed by atoms with Gasteiger partial charge in [0.15, 0.2) is 5.65 Å². The number of benzene rings is 3. The molecular formula is C27H20F3N3O3. The predicted molar refractivity (Wildman–Crippen MR) is 128 cm³/mol. The van der Waals surface area contributed by atoms with E-state index < -0.39 is 17.7 Å². The molecule has 0 radical (unpaired) electrons. The number of ether oxygens (including phenoxy) is 1. The maximum Gasteiger partial charge on any atom is 0.416 e. The van der Waals surface area contributed by atoms with Crippen molar-refractivity contribution in [2.24, 2.45) is 0 Å². The van der Waals surface area contributed by atoms with E-state index >= 15 is 0 Å². The van der Waals surface area contributed by atoms with Gasteiger partial charge in [-0.15, -0.1) is 0 Å². The van der Waals surface area contributed by atoms with E-state index in [-0.39, 0.29) is 24.3 Å². The number of hydrogen-bond acceptors (Lipinski definition) is 4. The third kappa shape index (κ3) is 4.47. The number of halogens is 3. The lowest BCUT2D eigenvalue weighted by atomic mass is 9.98. The van der Waals surface area contributed by atoms with Crippen LogP contribution >= 0.6 is 0 Å². The van der Waals surface area contributed by atoms with Crippen molar-refractivity contribution in [3.63, 3.8) is 0 Å². The van der Waals surface area contributed by atoms with Crippen molar-refractivity contribution in [1.29, 1.82) is 0 Å². The van der Waals surface area contributed by atoms with Crippen molar-refractivity contribution in [3.05, 3.63) is 106 Å². The maximum absolute atomic E-state index is 12.8. The highest BCUT2D eigenvalue weighted by molar-refractivity contribution is 6.00. The molecule has 182 valence electrons. The van der Waals surface area contributed by atoms with Gasteiger partial charge in [0.1, 0.15) is 6.61 Å². The zero-order valence-electron chi connectivity index (χ0n) is 19.1. The number of nitrogens with zero attached hydrogens (tertiary/aromatic N) is 2. The molecule has 0 aliphatic carbocycles. The summed E-state index contributed by atoms with van der Waals surface area (Å²) in [6.45, 7) is 1.61. The summed E-state index contributed by atoms with van der Waals surface area (Å²) >= 11 is 0. The molecule has 2 heterocycles. The van der Waals surface area contributed by atoms with Crippen LogP contribution in [0.4, 0.5) is 13.2 Å². The van der Waals surface area contributed by atoms with Crippen molar-refractivity contribution in [2.75, 3.05) is 0 Å². The Labute approximate surface area is 203 Å². The molecule has 9 heteroatoms. The first-order valence-corrected chi connectivity index (χ1v) is 11.1. The van der Waals surface area contributed by atoms with Crippen LogP contribution in [0.1, 0.15) is 22.5 Å². The number of esters is 1. The highest BCUT2D eigenvalue weighted by Crippen LogP contribution is 2.33. The normalized spacial score (nSPS) is 11.8. The SMILES string of the molecule is Cc1[nH]n2c(=O)cc(COC(=O)Cc3ccc(C(F)(F)F)cc3)nc2c1-c1cccc2ccccc12. The Balaban J connectivity index is 1.40. The lowest BCUT2D eigenvalue weighted by Gasteiger charge is -2.09. The lowest BCUT2D eigenvalue weighted by Crippen LogP contribution is -2.17. The smallest absolute Gasteiger partial charge is 0.416 e. The van der Waals surface area contributed by atoms with Gasteiger partial charge in [-0.1, -0.05) is 54.6 Å². The molecule has 0 aliphatic rings. The second kappa shape index (κ2) is 8.99. The number of fused-ring (bicyclic) bond motifs is 2. The topological polar surface area (TPSA) is 76.5 Å². The van der Waals surface area contributed by atoms with Crippen molar-refractivity contribution in [1.82, 2.24) is 14.6 Å². The highest BCUT2D eigenvalue weighted by atomic mass is 19.4. The molecule has 6 nitrogen and oxygen atoms in total. The molecule has 0 saturated carbocycles. The Morgan fingerprint density at radius 3 is 2.50 bits per heavy atom. The zero-order chi connectivity index (χ0) is 25.4. The minimum Gasteiger partial charge on any atom is -0.459 e. The number of H-pyrrole nitrogens is 1. The minimum atomic E-state index is -4.45. The largest absolute Gasteiger partial charge is 0.459 e. The van der Waals surface area contributed by atoms with Crippen molar-refractivity contribution in [3.8, 4) is 11.1 Å². The third-order valence-corrected chi connectivity index (χ3v) is 5.92. The van der Waals surface area contributed by atoms with Gasteiger partial charge in [-0.2, -0.15) is 13.2 Å². The van der Waals surface area contributed by atoms with Crippen LogP contribution in [0.2, 0.25) is 0 Å². The van der Waals surface area contributed by atoms with Gasteiger partial charge in [0.25, 0.3) is 5.56 Å².